The zero-order valence-corrected chi connectivity index (χ0v) is 15.3. The molecule has 0 unspecified atom stereocenters. The van der Waals surface area contributed by atoms with E-state index >= 15 is 0 Å². The topological polar surface area (TPSA) is 49.6 Å². The standard InChI is InChI=1S/C20H27N3O2/c1-15-12-23(14-17-7-5-4-6-8-17)13-16(2)20(15)22(3)19(24)11-18-9-10-25-21-18/h4-10,15-16,20H,11-14H2,1-3H3/t15-,16-/m0/s1. The largest absolute Gasteiger partial charge is 0.364 e. The summed E-state index contributed by atoms with van der Waals surface area (Å²) in [5, 5.41) is 3.85. The molecular weight excluding hydrogens is 314 g/mol. The van der Waals surface area contributed by atoms with Crippen LogP contribution < -0.4 is 0 Å². The van der Waals surface area contributed by atoms with Gasteiger partial charge >= 0.3 is 0 Å². The zero-order chi connectivity index (χ0) is 17.8. The highest BCUT2D eigenvalue weighted by Crippen LogP contribution is 2.27. The number of aromatic nitrogens is 1. The molecule has 5 heteroatoms. The van der Waals surface area contributed by atoms with E-state index in [0.717, 1.165) is 19.6 Å². The van der Waals surface area contributed by atoms with Gasteiger partial charge in [-0.2, -0.15) is 0 Å². The summed E-state index contributed by atoms with van der Waals surface area (Å²) in [4.78, 5) is 17.0. The molecule has 1 aliphatic heterocycles. The second-order valence-electron chi connectivity index (χ2n) is 7.30. The fourth-order valence-corrected chi connectivity index (χ4v) is 4.17. The van der Waals surface area contributed by atoms with Crippen LogP contribution in [0.3, 0.4) is 0 Å². The molecule has 1 aromatic heterocycles. The van der Waals surface area contributed by atoms with Gasteiger partial charge in [0, 0.05) is 38.8 Å². The van der Waals surface area contributed by atoms with Gasteiger partial charge in [-0.15, -0.1) is 0 Å². The maximum atomic E-state index is 12.6. The second kappa shape index (κ2) is 7.83. The molecule has 1 saturated heterocycles. The summed E-state index contributed by atoms with van der Waals surface area (Å²) in [6, 6.07) is 12.6. The summed E-state index contributed by atoms with van der Waals surface area (Å²) in [5.74, 6) is 0.964. The Kier molecular flexibility index (Phi) is 5.53. The first kappa shape index (κ1) is 17.7. The molecule has 0 radical (unpaired) electrons. The van der Waals surface area contributed by atoms with Gasteiger partial charge in [0.15, 0.2) is 0 Å². The van der Waals surface area contributed by atoms with Crippen molar-refractivity contribution in [3.63, 3.8) is 0 Å². The van der Waals surface area contributed by atoms with Crippen molar-refractivity contribution < 1.29 is 9.32 Å². The molecule has 1 aromatic carbocycles. The maximum Gasteiger partial charge on any atom is 0.228 e. The van der Waals surface area contributed by atoms with Gasteiger partial charge in [-0.25, -0.2) is 0 Å². The van der Waals surface area contributed by atoms with Gasteiger partial charge in [0.2, 0.25) is 5.91 Å². The molecule has 2 heterocycles. The van der Waals surface area contributed by atoms with Crippen molar-refractivity contribution in [2.45, 2.75) is 32.9 Å². The van der Waals surface area contributed by atoms with Crippen LogP contribution >= 0.6 is 0 Å². The zero-order valence-electron chi connectivity index (χ0n) is 15.3. The Balaban J connectivity index is 1.60. The number of carbonyl (C=O) groups excluding carboxylic acids is 1. The maximum absolute atomic E-state index is 12.6. The predicted molar refractivity (Wildman–Crippen MR) is 96.8 cm³/mol. The van der Waals surface area contributed by atoms with E-state index < -0.39 is 0 Å². The van der Waals surface area contributed by atoms with Crippen LogP contribution in [-0.4, -0.2) is 47.0 Å². The average Bonchev–Trinajstić information content (AvgIpc) is 3.08. The number of likely N-dealkylation sites (tertiary alicyclic amines) is 1. The van der Waals surface area contributed by atoms with Crippen LogP contribution in [0.25, 0.3) is 0 Å². The first-order valence-corrected chi connectivity index (χ1v) is 8.95. The van der Waals surface area contributed by atoms with Crippen LogP contribution in [0.5, 0.6) is 0 Å². The molecule has 1 amide bonds. The van der Waals surface area contributed by atoms with Gasteiger partial charge in [-0.1, -0.05) is 49.3 Å². The molecule has 3 rings (SSSR count). The second-order valence-corrected chi connectivity index (χ2v) is 7.30. The van der Waals surface area contributed by atoms with Gasteiger partial charge in [-0.05, 0) is 17.4 Å². The van der Waals surface area contributed by atoms with E-state index in [0.29, 0.717) is 24.0 Å². The molecule has 1 fully saturated rings. The normalized spacial score (nSPS) is 22.0. The minimum Gasteiger partial charge on any atom is -0.364 e. The number of rotatable bonds is 5. The molecule has 5 nitrogen and oxygen atoms in total. The van der Waals surface area contributed by atoms with Gasteiger partial charge in [0.25, 0.3) is 0 Å². The lowest BCUT2D eigenvalue weighted by Crippen LogP contribution is -2.55. The minimum atomic E-state index is 0.106. The van der Waals surface area contributed by atoms with Gasteiger partial charge < -0.3 is 9.42 Å². The highest BCUT2D eigenvalue weighted by atomic mass is 16.5. The lowest BCUT2D eigenvalue weighted by atomic mass is 9.84. The third kappa shape index (κ3) is 4.28. The summed E-state index contributed by atoms with van der Waals surface area (Å²) < 4.78 is 4.83. The van der Waals surface area contributed by atoms with Crippen LogP contribution in [0.2, 0.25) is 0 Å². The average molecular weight is 341 g/mol. The number of hydrogen-bond acceptors (Lipinski definition) is 4. The van der Waals surface area contributed by atoms with Crippen molar-refractivity contribution in [2.75, 3.05) is 20.1 Å². The molecular formula is C20H27N3O2. The Bertz CT molecular complexity index is 660. The van der Waals surface area contributed by atoms with Crippen molar-refractivity contribution in [1.82, 2.24) is 15.0 Å². The Morgan fingerprint density at radius 2 is 1.88 bits per heavy atom. The molecule has 2 atom stereocenters. The highest BCUT2D eigenvalue weighted by molar-refractivity contribution is 5.78. The number of hydrogen-bond donors (Lipinski definition) is 0. The lowest BCUT2D eigenvalue weighted by Gasteiger charge is -2.45. The van der Waals surface area contributed by atoms with Crippen LogP contribution in [0.15, 0.2) is 47.2 Å². The Morgan fingerprint density at radius 3 is 2.48 bits per heavy atom. The molecule has 134 valence electrons. The number of amides is 1. The van der Waals surface area contributed by atoms with Gasteiger partial charge in [-0.3, -0.25) is 9.69 Å². The minimum absolute atomic E-state index is 0.106. The first-order valence-electron chi connectivity index (χ1n) is 8.95. The van der Waals surface area contributed by atoms with Crippen LogP contribution in [-0.2, 0) is 17.8 Å². The molecule has 0 aliphatic carbocycles. The molecule has 1 aliphatic rings. The quantitative estimate of drug-likeness (QED) is 0.839. The van der Waals surface area contributed by atoms with E-state index in [1.165, 1.54) is 11.8 Å². The summed E-state index contributed by atoms with van der Waals surface area (Å²) in [6.45, 7) is 7.48. The van der Waals surface area contributed by atoms with E-state index in [1.807, 2.05) is 11.9 Å². The van der Waals surface area contributed by atoms with Crippen molar-refractivity contribution in [3.05, 3.63) is 53.9 Å². The summed E-state index contributed by atoms with van der Waals surface area (Å²) >= 11 is 0. The first-order chi connectivity index (χ1) is 12.0. The molecule has 0 bridgehead atoms. The fraction of sp³-hybridized carbons (Fsp3) is 0.500. The molecule has 2 aromatic rings. The molecule has 0 spiro atoms. The summed E-state index contributed by atoms with van der Waals surface area (Å²) in [7, 11) is 1.92. The van der Waals surface area contributed by atoms with Crippen molar-refractivity contribution >= 4 is 5.91 Å². The van der Waals surface area contributed by atoms with Crippen molar-refractivity contribution in [1.29, 1.82) is 0 Å². The number of likely N-dealkylation sites (N-methyl/N-ethyl adjacent to an activating group) is 1. The SMILES string of the molecule is C[C@H]1CN(Cc2ccccc2)C[C@H](C)C1N(C)C(=O)Cc1ccon1. The van der Waals surface area contributed by atoms with Gasteiger partial charge in [0.1, 0.15) is 6.26 Å². The van der Waals surface area contributed by atoms with Crippen molar-refractivity contribution in [2.24, 2.45) is 11.8 Å². The Hall–Kier alpha value is -2.14. The summed E-state index contributed by atoms with van der Waals surface area (Å²) in [6.07, 6.45) is 1.81. The van der Waals surface area contributed by atoms with Crippen LogP contribution in [0.4, 0.5) is 0 Å². The third-order valence-electron chi connectivity index (χ3n) is 5.17. The number of carbonyl (C=O) groups is 1. The number of piperidine rings is 1. The van der Waals surface area contributed by atoms with E-state index in [9.17, 15) is 4.79 Å². The third-order valence-corrected chi connectivity index (χ3v) is 5.17. The highest BCUT2D eigenvalue weighted by Gasteiger charge is 2.36. The van der Waals surface area contributed by atoms with E-state index in [-0.39, 0.29) is 11.9 Å². The monoisotopic (exact) mass is 341 g/mol. The molecule has 25 heavy (non-hydrogen) atoms. The predicted octanol–water partition coefficient (Wildman–Crippen LogP) is 2.83. The van der Waals surface area contributed by atoms with Crippen LogP contribution in [0, 0.1) is 11.8 Å². The summed E-state index contributed by atoms with van der Waals surface area (Å²) in [5.41, 5.74) is 2.04. The van der Waals surface area contributed by atoms with Crippen LogP contribution in [0.1, 0.15) is 25.1 Å². The van der Waals surface area contributed by atoms with Crippen molar-refractivity contribution in [3.8, 4) is 0 Å². The van der Waals surface area contributed by atoms with E-state index in [4.69, 9.17) is 4.52 Å². The lowest BCUT2D eigenvalue weighted by molar-refractivity contribution is -0.135. The fourth-order valence-electron chi connectivity index (χ4n) is 4.17. The number of benzene rings is 1. The number of nitrogens with zero attached hydrogens (tertiary/aromatic N) is 3. The van der Waals surface area contributed by atoms with Gasteiger partial charge in [0.05, 0.1) is 12.1 Å². The molecule has 0 saturated carbocycles. The Morgan fingerprint density at radius 1 is 1.20 bits per heavy atom. The Labute approximate surface area is 149 Å². The molecule has 0 N–H and O–H groups in total. The smallest absolute Gasteiger partial charge is 0.228 e. The van der Waals surface area contributed by atoms with E-state index in [2.05, 4.69) is 54.2 Å². The van der Waals surface area contributed by atoms with E-state index in [1.54, 1.807) is 6.07 Å².